The second-order valence-corrected chi connectivity index (χ2v) is 5.16. The molecule has 0 fully saturated rings. The Hall–Kier alpha value is -2.08. The molecule has 114 valence electrons. The standard InChI is InChI=1S/C15H22N4O2/c1-11(2)16-8-12-6-5-7-14(20-4)15(12)21-10-13-9-19(3)18-17-13/h5-7,9,11,16H,8,10H2,1-4H3. The van der Waals surface area contributed by atoms with Gasteiger partial charge >= 0.3 is 0 Å². The van der Waals surface area contributed by atoms with E-state index in [1.807, 2.05) is 31.4 Å². The Balaban J connectivity index is 2.14. The topological polar surface area (TPSA) is 61.2 Å². The molecular formula is C15H22N4O2. The van der Waals surface area contributed by atoms with Gasteiger partial charge in [0, 0.05) is 25.2 Å². The Labute approximate surface area is 125 Å². The molecule has 2 aromatic rings. The van der Waals surface area contributed by atoms with E-state index in [4.69, 9.17) is 9.47 Å². The number of hydrogen-bond donors (Lipinski definition) is 1. The average Bonchev–Trinajstić information content (AvgIpc) is 2.88. The summed E-state index contributed by atoms with van der Waals surface area (Å²) in [6.45, 7) is 5.31. The molecule has 0 radical (unpaired) electrons. The normalized spacial score (nSPS) is 10.9. The molecule has 0 saturated carbocycles. The molecule has 0 aliphatic carbocycles. The van der Waals surface area contributed by atoms with Crippen LogP contribution in [0.25, 0.3) is 0 Å². The molecule has 0 unspecified atom stereocenters. The van der Waals surface area contributed by atoms with Crippen LogP contribution in [-0.4, -0.2) is 28.1 Å². The average molecular weight is 290 g/mol. The molecule has 0 amide bonds. The summed E-state index contributed by atoms with van der Waals surface area (Å²) in [6.07, 6.45) is 1.83. The Morgan fingerprint density at radius 3 is 2.76 bits per heavy atom. The summed E-state index contributed by atoms with van der Waals surface area (Å²) in [7, 11) is 3.47. The third-order valence-electron chi connectivity index (χ3n) is 3.00. The Morgan fingerprint density at radius 1 is 1.33 bits per heavy atom. The molecule has 1 aromatic carbocycles. The summed E-state index contributed by atoms with van der Waals surface area (Å²) >= 11 is 0. The monoisotopic (exact) mass is 290 g/mol. The Bertz CT molecular complexity index is 581. The van der Waals surface area contributed by atoms with Crippen molar-refractivity contribution in [2.75, 3.05) is 7.11 Å². The van der Waals surface area contributed by atoms with E-state index < -0.39 is 0 Å². The first-order chi connectivity index (χ1) is 10.1. The van der Waals surface area contributed by atoms with E-state index in [-0.39, 0.29) is 0 Å². The van der Waals surface area contributed by atoms with Crippen LogP contribution in [0.3, 0.4) is 0 Å². The van der Waals surface area contributed by atoms with Gasteiger partial charge in [0.1, 0.15) is 12.3 Å². The maximum Gasteiger partial charge on any atom is 0.166 e. The van der Waals surface area contributed by atoms with Crippen LogP contribution in [-0.2, 0) is 20.2 Å². The fraction of sp³-hybridized carbons (Fsp3) is 0.467. The maximum atomic E-state index is 5.91. The van der Waals surface area contributed by atoms with E-state index in [1.54, 1.807) is 11.8 Å². The van der Waals surface area contributed by atoms with E-state index >= 15 is 0 Å². The molecule has 21 heavy (non-hydrogen) atoms. The number of hydrogen-bond acceptors (Lipinski definition) is 5. The van der Waals surface area contributed by atoms with Crippen molar-refractivity contribution in [3.63, 3.8) is 0 Å². The zero-order chi connectivity index (χ0) is 15.2. The van der Waals surface area contributed by atoms with Crippen molar-refractivity contribution in [1.29, 1.82) is 0 Å². The largest absolute Gasteiger partial charge is 0.493 e. The van der Waals surface area contributed by atoms with Gasteiger partial charge in [0.25, 0.3) is 0 Å². The minimum Gasteiger partial charge on any atom is -0.493 e. The summed E-state index contributed by atoms with van der Waals surface area (Å²) in [5, 5.41) is 11.3. The van der Waals surface area contributed by atoms with Crippen LogP contribution in [0.15, 0.2) is 24.4 Å². The zero-order valence-electron chi connectivity index (χ0n) is 13.0. The van der Waals surface area contributed by atoms with Crippen molar-refractivity contribution < 1.29 is 9.47 Å². The summed E-state index contributed by atoms with van der Waals surface area (Å²) < 4.78 is 13.0. The minimum atomic E-state index is 0.364. The number of aromatic nitrogens is 3. The quantitative estimate of drug-likeness (QED) is 0.844. The Kier molecular flexibility index (Phi) is 5.16. The summed E-state index contributed by atoms with van der Waals surface area (Å²) in [6, 6.07) is 6.30. The van der Waals surface area contributed by atoms with Crippen LogP contribution in [0.4, 0.5) is 0 Å². The molecule has 0 bridgehead atoms. The molecule has 0 aliphatic rings. The van der Waals surface area contributed by atoms with Gasteiger partial charge in [-0.15, -0.1) is 5.10 Å². The van der Waals surface area contributed by atoms with Gasteiger partial charge in [-0.05, 0) is 6.07 Å². The number of nitrogens with zero attached hydrogens (tertiary/aromatic N) is 3. The van der Waals surface area contributed by atoms with Gasteiger partial charge in [-0.2, -0.15) is 0 Å². The van der Waals surface area contributed by atoms with E-state index in [0.29, 0.717) is 12.6 Å². The number of benzene rings is 1. The molecule has 1 heterocycles. The molecule has 6 heteroatoms. The lowest BCUT2D eigenvalue weighted by Crippen LogP contribution is -2.22. The van der Waals surface area contributed by atoms with Crippen LogP contribution in [0.1, 0.15) is 25.1 Å². The SMILES string of the molecule is COc1cccc(CNC(C)C)c1OCc1cn(C)nn1. The molecular weight excluding hydrogens is 268 g/mol. The number of nitrogens with one attached hydrogen (secondary N) is 1. The van der Waals surface area contributed by atoms with Crippen molar-refractivity contribution in [3.05, 3.63) is 35.7 Å². The van der Waals surface area contributed by atoms with Gasteiger partial charge in [-0.3, -0.25) is 4.68 Å². The smallest absolute Gasteiger partial charge is 0.166 e. The molecule has 0 spiro atoms. The molecule has 0 aliphatic heterocycles. The van der Waals surface area contributed by atoms with Crippen LogP contribution in [0, 0.1) is 0 Å². The lowest BCUT2D eigenvalue weighted by Gasteiger charge is -2.16. The lowest BCUT2D eigenvalue weighted by molar-refractivity contribution is 0.276. The molecule has 0 atom stereocenters. The number of para-hydroxylation sites is 1. The molecule has 1 N–H and O–H groups in total. The van der Waals surface area contributed by atoms with Crippen molar-refractivity contribution in [1.82, 2.24) is 20.3 Å². The molecule has 2 rings (SSSR count). The predicted octanol–water partition coefficient (Wildman–Crippen LogP) is 1.90. The van der Waals surface area contributed by atoms with Gasteiger partial charge < -0.3 is 14.8 Å². The summed E-state index contributed by atoms with van der Waals surface area (Å²) in [5.41, 5.74) is 1.85. The summed E-state index contributed by atoms with van der Waals surface area (Å²) in [5.74, 6) is 1.47. The van der Waals surface area contributed by atoms with Gasteiger partial charge in [-0.1, -0.05) is 31.2 Å². The van der Waals surface area contributed by atoms with Crippen LogP contribution >= 0.6 is 0 Å². The lowest BCUT2D eigenvalue weighted by atomic mass is 10.1. The first-order valence-electron chi connectivity index (χ1n) is 6.97. The molecule has 0 saturated heterocycles. The van der Waals surface area contributed by atoms with Crippen LogP contribution < -0.4 is 14.8 Å². The van der Waals surface area contributed by atoms with Crippen LogP contribution in [0.2, 0.25) is 0 Å². The maximum absolute atomic E-state index is 5.91. The number of ether oxygens (including phenoxy) is 2. The number of methoxy groups -OCH3 is 1. The highest BCUT2D eigenvalue weighted by atomic mass is 16.5. The Morgan fingerprint density at radius 2 is 2.14 bits per heavy atom. The van der Waals surface area contributed by atoms with E-state index in [1.165, 1.54) is 0 Å². The summed E-state index contributed by atoms with van der Waals surface area (Å²) in [4.78, 5) is 0. The van der Waals surface area contributed by atoms with Gasteiger partial charge in [0.2, 0.25) is 0 Å². The first kappa shape index (κ1) is 15.3. The minimum absolute atomic E-state index is 0.364. The predicted molar refractivity (Wildman–Crippen MR) is 80.3 cm³/mol. The van der Waals surface area contributed by atoms with Gasteiger partial charge in [-0.25, -0.2) is 0 Å². The molecule has 1 aromatic heterocycles. The van der Waals surface area contributed by atoms with Gasteiger partial charge in [0.05, 0.1) is 13.3 Å². The van der Waals surface area contributed by atoms with Crippen molar-refractivity contribution in [3.8, 4) is 11.5 Å². The second-order valence-electron chi connectivity index (χ2n) is 5.16. The number of aryl methyl sites for hydroxylation is 1. The van der Waals surface area contributed by atoms with Crippen LogP contribution in [0.5, 0.6) is 11.5 Å². The highest BCUT2D eigenvalue weighted by Crippen LogP contribution is 2.31. The fourth-order valence-electron chi connectivity index (χ4n) is 1.95. The van der Waals surface area contributed by atoms with Gasteiger partial charge in [0.15, 0.2) is 11.5 Å². The van der Waals surface area contributed by atoms with Crippen molar-refractivity contribution >= 4 is 0 Å². The van der Waals surface area contributed by atoms with Crippen molar-refractivity contribution in [2.45, 2.75) is 33.0 Å². The van der Waals surface area contributed by atoms with E-state index in [9.17, 15) is 0 Å². The van der Waals surface area contributed by atoms with Crippen molar-refractivity contribution in [2.24, 2.45) is 7.05 Å². The highest BCUT2D eigenvalue weighted by molar-refractivity contribution is 5.46. The zero-order valence-corrected chi connectivity index (χ0v) is 13.0. The molecule has 6 nitrogen and oxygen atoms in total. The van der Waals surface area contributed by atoms with E-state index in [0.717, 1.165) is 29.3 Å². The third kappa shape index (κ3) is 4.19. The second kappa shape index (κ2) is 7.08. The van der Waals surface area contributed by atoms with E-state index in [2.05, 4.69) is 29.5 Å². The highest BCUT2D eigenvalue weighted by Gasteiger charge is 2.12. The fourth-order valence-corrected chi connectivity index (χ4v) is 1.95. The number of rotatable bonds is 7. The third-order valence-corrected chi connectivity index (χ3v) is 3.00. The first-order valence-corrected chi connectivity index (χ1v) is 6.97.